The van der Waals surface area contributed by atoms with Crippen LogP contribution in [0.2, 0.25) is 0 Å². The summed E-state index contributed by atoms with van der Waals surface area (Å²) in [6.45, 7) is 9.36. The SMILES string of the molecule is CCCCCCCCCCCCC(CCCCCCCC)C(CCCCCCCC)CCCCCCCCCC. The maximum absolute atomic E-state index is 2.35. The molecule has 242 valence electrons. The summed E-state index contributed by atoms with van der Waals surface area (Å²) in [4.78, 5) is 0. The van der Waals surface area contributed by atoms with Crippen LogP contribution in [0.1, 0.15) is 246 Å². The molecule has 0 aliphatic heterocycles. The Labute approximate surface area is 257 Å². The summed E-state index contributed by atoms with van der Waals surface area (Å²) in [5.74, 6) is 2.06. The highest BCUT2D eigenvalue weighted by Gasteiger charge is 2.20. The van der Waals surface area contributed by atoms with Crippen LogP contribution in [-0.2, 0) is 0 Å². The van der Waals surface area contributed by atoms with Gasteiger partial charge in [-0.3, -0.25) is 0 Å². The summed E-state index contributed by atoms with van der Waals surface area (Å²) in [7, 11) is 0. The van der Waals surface area contributed by atoms with Gasteiger partial charge in [-0.05, 0) is 11.8 Å². The van der Waals surface area contributed by atoms with Crippen molar-refractivity contribution in [3.8, 4) is 0 Å². The Morgan fingerprint density at radius 2 is 0.350 bits per heavy atom. The highest BCUT2D eigenvalue weighted by molar-refractivity contribution is 4.72. The fraction of sp³-hybridized carbons (Fsp3) is 1.00. The van der Waals surface area contributed by atoms with Crippen molar-refractivity contribution in [2.45, 2.75) is 246 Å². The molecule has 0 nitrogen and oxygen atoms in total. The zero-order valence-electron chi connectivity index (χ0n) is 29.2. The largest absolute Gasteiger partial charge is 0.0654 e. The molecular weight excluding hydrogens is 480 g/mol. The highest BCUT2D eigenvalue weighted by atomic mass is 14.3. The molecule has 0 aliphatic rings. The van der Waals surface area contributed by atoms with E-state index >= 15 is 0 Å². The first-order chi connectivity index (χ1) is 19.8. The van der Waals surface area contributed by atoms with Gasteiger partial charge in [0.2, 0.25) is 0 Å². The lowest BCUT2D eigenvalue weighted by Crippen LogP contribution is -2.16. The van der Waals surface area contributed by atoms with Crippen LogP contribution < -0.4 is 0 Å². The van der Waals surface area contributed by atoms with E-state index in [1.165, 1.54) is 193 Å². The van der Waals surface area contributed by atoms with Gasteiger partial charge < -0.3 is 0 Å². The third kappa shape index (κ3) is 29.5. The standard InChI is InChI=1S/C40H82/c1-5-9-13-17-21-23-24-26-30-34-38-40(36-32-28-20-16-12-8-4)39(35-31-27-19-15-11-7-3)37-33-29-25-22-18-14-10-6-2/h39-40H,5-38H2,1-4H3. The molecule has 0 aromatic rings. The molecule has 2 atom stereocenters. The van der Waals surface area contributed by atoms with Gasteiger partial charge in [0.05, 0.1) is 0 Å². The second-order valence-corrected chi connectivity index (χ2v) is 13.9. The summed E-state index contributed by atoms with van der Waals surface area (Å²) in [5, 5.41) is 0. The Morgan fingerprint density at radius 1 is 0.200 bits per heavy atom. The average Bonchev–Trinajstić information content (AvgIpc) is 2.97. The minimum absolute atomic E-state index is 1.03. The molecule has 0 heteroatoms. The second kappa shape index (κ2) is 35.2. The predicted molar refractivity (Wildman–Crippen MR) is 187 cm³/mol. The maximum atomic E-state index is 2.35. The van der Waals surface area contributed by atoms with E-state index in [2.05, 4.69) is 27.7 Å². The van der Waals surface area contributed by atoms with Gasteiger partial charge in [0.1, 0.15) is 0 Å². The lowest BCUT2D eigenvalue weighted by atomic mass is 9.78. The van der Waals surface area contributed by atoms with Gasteiger partial charge in [0, 0.05) is 0 Å². The van der Waals surface area contributed by atoms with Crippen molar-refractivity contribution in [2.24, 2.45) is 11.8 Å². The molecule has 0 aromatic carbocycles. The van der Waals surface area contributed by atoms with E-state index in [4.69, 9.17) is 0 Å². The van der Waals surface area contributed by atoms with Crippen LogP contribution in [0, 0.1) is 11.8 Å². The van der Waals surface area contributed by atoms with Gasteiger partial charge in [-0.25, -0.2) is 0 Å². The van der Waals surface area contributed by atoms with Crippen molar-refractivity contribution in [3.63, 3.8) is 0 Å². The normalized spacial score (nSPS) is 13.2. The first-order valence-corrected chi connectivity index (χ1v) is 19.8. The monoisotopic (exact) mass is 563 g/mol. The molecular formula is C40H82. The zero-order chi connectivity index (χ0) is 29.2. The topological polar surface area (TPSA) is 0 Å². The molecule has 0 spiro atoms. The Balaban J connectivity index is 4.65. The number of rotatable bonds is 35. The Morgan fingerprint density at radius 3 is 0.525 bits per heavy atom. The lowest BCUT2D eigenvalue weighted by molar-refractivity contribution is 0.236. The van der Waals surface area contributed by atoms with Gasteiger partial charge in [0.25, 0.3) is 0 Å². The summed E-state index contributed by atoms with van der Waals surface area (Å²) in [6, 6.07) is 0. The quantitative estimate of drug-likeness (QED) is 0.0674. The van der Waals surface area contributed by atoms with Gasteiger partial charge >= 0.3 is 0 Å². The van der Waals surface area contributed by atoms with Gasteiger partial charge in [-0.2, -0.15) is 0 Å². The molecule has 0 saturated carbocycles. The van der Waals surface area contributed by atoms with Crippen LogP contribution in [0.4, 0.5) is 0 Å². The molecule has 0 amide bonds. The van der Waals surface area contributed by atoms with E-state index in [1.54, 1.807) is 25.7 Å². The predicted octanol–water partition coefficient (Wildman–Crippen LogP) is 15.6. The molecule has 0 radical (unpaired) electrons. The van der Waals surface area contributed by atoms with Gasteiger partial charge in [-0.15, -0.1) is 0 Å². The first kappa shape index (κ1) is 40.0. The first-order valence-electron chi connectivity index (χ1n) is 19.8. The maximum Gasteiger partial charge on any atom is -0.0386 e. The van der Waals surface area contributed by atoms with E-state index in [1.807, 2.05) is 0 Å². The van der Waals surface area contributed by atoms with Crippen LogP contribution in [0.15, 0.2) is 0 Å². The molecule has 0 saturated heterocycles. The van der Waals surface area contributed by atoms with Crippen molar-refractivity contribution in [1.82, 2.24) is 0 Å². The molecule has 0 aliphatic carbocycles. The third-order valence-corrected chi connectivity index (χ3v) is 9.88. The van der Waals surface area contributed by atoms with Gasteiger partial charge in [0.15, 0.2) is 0 Å². The van der Waals surface area contributed by atoms with Crippen LogP contribution in [0.25, 0.3) is 0 Å². The molecule has 0 bridgehead atoms. The Bertz CT molecular complexity index is 426. The van der Waals surface area contributed by atoms with Crippen molar-refractivity contribution in [3.05, 3.63) is 0 Å². The fourth-order valence-corrected chi connectivity index (χ4v) is 7.04. The van der Waals surface area contributed by atoms with E-state index in [0.717, 1.165) is 11.8 Å². The Kier molecular flexibility index (Phi) is 35.2. The molecule has 0 aromatic heterocycles. The molecule has 0 heterocycles. The summed E-state index contributed by atoms with van der Waals surface area (Å²) < 4.78 is 0. The molecule has 2 unspecified atom stereocenters. The van der Waals surface area contributed by atoms with E-state index in [0.29, 0.717) is 0 Å². The Hall–Kier alpha value is 0. The fourth-order valence-electron chi connectivity index (χ4n) is 7.04. The molecule has 0 fully saturated rings. The summed E-state index contributed by atoms with van der Waals surface area (Å²) >= 11 is 0. The van der Waals surface area contributed by atoms with E-state index in [-0.39, 0.29) is 0 Å². The minimum Gasteiger partial charge on any atom is -0.0654 e. The smallest absolute Gasteiger partial charge is 0.0386 e. The third-order valence-electron chi connectivity index (χ3n) is 9.88. The van der Waals surface area contributed by atoms with Crippen LogP contribution >= 0.6 is 0 Å². The number of unbranched alkanes of at least 4 members (excludes halogenated alkanes) is 26. The average molecular weight is 563 g/mol. The lowest BCUT2D eigenvalue weighted by Gasteiger charge is -2.28. The zero-order valence-corrected chi connectivity index (χ0v) is 29.2. The van der Waals surface area contributed by atoms with E-state index in [9.17, 15) is 0 Å². The number of hydrogen-bond acceptors (Lipinski definition) is 0. The van der Waals surface area contributed by atoms with Crippen molar-refractivity contribution < 1.29 is 0 Å². The van der Waals surface area contributed by atoms with Crippen LogP contribution in [0.5, 0.6) is 0 Å². The van der Waals surface area contributed by atoms with Crippen molar-refractivity contribution >= 4 is 0 Å². The minimum atomic E-state index is 1.03. The van der Waals surface area contributed by atoms with Gasteiger partial charge in [-0.1, -0.05) is 246 Å². The highest BCUT2D eigenvalue weighted by Crippen LogP contribution is 2.34. The number of hydrogen-bond donors (Lipinski definition) is 0. The summed E-state index contributed by atoms with van der Waals surface area (Å²) in [6.07, 6.45) is 50.3. The molecule has 40 heavy (non-hydrogen) atoms. The van der Waals surface area contributed by atoms with E-state index < -0.39 is 0 Å². The molecule has 0 rings (SSSR count). The van der Waals surface area contributed by atoms with Crippen LogP contribution in [0.3, 0.4) is 0 Å². The molecule has 0 N–H and O–H groups in total. The van der Waals surface area contributed by atoms with Crippen molar-refractivity contribution in [2.75, 3.05) is 0 Å². The van der Waals surface area contributed by atoms with Crippen LogP contribution in [-0.4, -0.2) is 0 Å². The second-order valence-electron chi connectivity index (χ2n) is 13.9. The summed E-state index contributed by atoms with van der Waals surface area (Å²) in [5.41, 5.74) is 0. The van der Waals surface area contributed by atoms with Crippen molar-refractivity contribution in [1.29, 1.82) is 0 Å².